The van der Waals surface area contributed by atoms with E-state index in [1.54, 1.807) is 41.3 Å². The van der Waals surface area contributed by atoms with Crippen molar-refractivity contribution in [3.8, 4) is 0 Å². The fraction of sp³-hybridized carbons (Fsp3) is 0.278. The van der Waals surface area contributed by atoms with Crippen LogP contribution < -0.4 is 0 Å². The van der Waals surface area contributed by atoms with E-state index in [-0.39, 0.29) is 23.8 Å². The van der Waals surface area contributed by atoms with Gasteiger partial charge in [0.05, 0.1) is 17.4 Å². The topological polar surface area (TPSA) is 70.8 Å². The van der Waals surface area contributed by atoms with Crippen molar-refractivity contribution in [3.63, 3.8) is 0 Å². The van der Waals surface area contributed by atoms with Crippen LogP contribution in [0.5, 0.6) is 0 Å². The minimum Gasteiger partial charge on any atom is -0.459 e. The highest BCUT2D eigenvalue weighted by molar-refractivity contribution is 6.21. The lowest BCUT2D eigenvalue weighted by molar-refractivity contribution is 0.0470. The Kier molecular flexibility index (Phi) is 3.45. The van der Waals surface area contributed by atoms with Crippen LogP contribution >= 0.6 is 0 Å². The molecule has 1 aromatic carbocycles. The van der Waals surface area contributed by atoms with Gasteiger partial charge in [-0.15, -0.1) is 0 Å². The molecule has 3 heterocycles. The molecule has 0 atom stereocenters. The first kappa shape index (κ1) is 14.7. The number of hydrogen-bond donors (Lipinski definition) is 0. The number of hydrogen-bond acceptors (Lipinski definition) is 4. The predicted octanol–water partition coefficient (Wildman–Crippen LogP) is 2.18. The Morgan fingerprint density at radius 3 is 2.12 bits per heavy atom. The first-order chi connectivity index (χ1) is 11.7. The average molecular weight is 324 g/mol. The van der Waals surface area contributed by atoms with E-state index in [2.05, 4.69) is 0 Å². The molecule has 0 spiro atoms. The van der Waals surface area contributed by atoms with E-state index >= 15 is 0 Å². The molecule has 1 saturated heterocycles. The van der Waals surface area contributed by atoms with E-state index in [9.17, 15) is 14.4 Å². The Hall–Kier alpha value is -2.89. The minimum atomic E-state index is -0.230. The Bertz CT molecular complexity index is 769. The summed E-state index contributed by atoms with van der Waals surface area (Å²) in [6.07, 6.45) is 2.63. The van der Waals surface area contributed by atoms with E-state index in [0.717, 1.165) is 0 Å². The van der Waals surface area contributed by atoms with Crippen LogP contribution in [-0.2, 0) is 0 Å². The summed E-state index contributed by atoms with van der Waals surface area (Å²) in [5.41, 5.74) is 0.938. The SMILES string of the molecule is O=C(c1ccco1)N1CCC(N2C(=O)c3ccccc3C2=O)CC1. The average Bonchev–Trinajstić information content (AvgIpc) is 3.23. The molecule has 0 unspecified atom stereocenters. The second-order valence-corrected chi connectivity index (χ2v) is 6.03. The monoisotopic (exact) mass is 324 g/mol. The van der Waals surface area contributed by atoms with E-state index in [4.69, 9.17) is 4.42 Å². The van der Waals surface area contributed by atoms with Crippen molar-refractivity contribution in [2.45, 2.75) is 18.9 Å². The van der Waals surface area contributed by atoms with Crippen LogP contribution in [0.1, 0.15) is 44.1 Å². The number of carbonyl (C=O) groups excluding carboxylic acids is 3. The van der Waals surface area contributed by atoms with Crippen molar-refractivity contribution >= 4 is 17.7 Å². The first-order valence-electron chi connectivity index (χ1n) is 7.96. The maximum absolute atomic E-state index is 12.5. The van der Waals surface area contributed by atoms with Gasteiger partial charge < -0.3 is 9.32 Å². The van der Waals surface area contributed by atoms with Crippen LogP contribution in [-0.4, -0.2) is 46.7 Å². The lowest BCUT2D eigenvalue weighted by Crippen LogP contribution is -2.48. The van der Waals surface area contributed by atoms with Crippen LogP contribution in [0.3, 0.4) is 0 Å². The summed E-state index contributed by atoms with van der Waals surface area (Å²) in [7, 11) is 0. The zero-order valence-electron chi connectivity index (χ0n) is 13.0. The molecule has 2 aliphatic rings. The second-order valence-electron chi connectivity index (χ2n) is 6.03. The molecule has 3 amide bonds. The molecule has 0 radical (unpaired) electrons. The molecule has 0 aliphatic carbocycles. The molecule has 122 valence electrons. The summed E-state index contributed by atoms with van der Waals surface area (Å²) in [6, 6.07) is 10.0. The number of amides is 3. The molecule has 0 N–H and O–H groups in total. The highest BCUT2D eigenvalue weighted by Crippen LogP contribution is 2.28. The smallest absolute Gasteiger partial charge is 0.289 e. The van der Waals surface area contributed by atoms with Gasteiger partial charge in [-0.2, -0.15) is 0 Å². The van der Waals surface area contributed by atoms with E-state index < -0.39 is 0 Å². The van der Waals surface area contributed by atoms with Crippen LogP contribution in [0, 0.1) is 0 Å². The van der Waals surface area contributed by atoms with Gasteiger partial charge in [-0.25, -0.2) is 0 Å². The van der Waals surface area contributed by atoms with Gasteiger partial charge >= 0.3 is 0 Å². The molecular weight excluding hydrogens is 308 g/mol. The Morgan fingerprint density at radius 1 is 0.958 bits per heavy atom. The normalized spacial score (nSPS) is 18.2. The number of carbonyl (C=O) groups is 3. The molecule has 1 aromatic heterocycles. The fourth-order valence-electron chi connectivity index (χ4n) is 3.42. The number of likely N-dealkylation sites (tertiary alicyclic amines) is 1. The summed E-state index contributed by atoms with van der Waals surface area (Å²) < 4.78 is 5.14. The fourth-order valence-corrected chi connectivity index (χ4v) is 3.42. The van der Waals surface area contributed by atoms with Crippen molar-refractivity contribution in [1.29, 1.82) is 0 Å². The largest absolute Gasteiger partial charge is 0.459 e. The van der Waals surface area contributed by atoms with Gasteiger partial charge in [0.2, 0.25) is 0 Å². The molecule has 2 aliphatic heterocycles. The molecule has 2 aromatic rings. The lowest BCUT2D eigenvalue weighted by Gasteiger charge is -2.35. The third-order valence-electron chi connectivity index (χ3n) is 4.67. The molecule has 0 bridgehead atoms. The number of benzene rings is 1. The van der Waals surface area contributed by atoms with E-state index in [0.29, 0.717) is 42.8 Å². The van der Waals surface area contributed by atoms with Gasteiger partial charge in [0, 0.05) is 19.1 Å². The molecule has 4 rings (SSSR count). The maximum Gasteiger partial charge on any atom is 0.289 e. The molecule has 24 heavy (non-hydrogen) atoms. The summed E-state index contributed by atoms with van der Waals surface area (Å²) in [5, 5.41) is 0. The van der Waals surface area contributed by atoms with Gasteiger partial charge in [-0.05, 0) is 37.1 Å². The van der Waals surface area contributed by atoms with Crippen LogP contribution in [0.25, 0.3) is 0 Å². The highest BCUT2D eigenvalue weighted by atomic mass is 16.3. The van der Waals surface area contributed by atoms with Crippen LogP contribution in [0.4, 0.5) is 0 Å². The number of imide groups is 1. The van der Waals surface area contributed by atoms with Crippen LogP contribution in [0.2, 0.25) is 0 Å². The van der Waals surface area contributed by atoms with Crippen molar-refractivity contribution in [3.05, 3.63) is 59.5 Å². The third kappa shape index (κ3) is 2.22. The maximum atomic E-state index is 12.5. The summed E-state index contributed by atoms with van der Waals surface area (Å²) in [5.74, 6) is -0.298. The quantitative estimate of drug-likeness (QED) is 0.794. The van der Waals surface area contributed by atoms with Gasteiger partial charge in [0.1, 0.15) is 0 Å². The molecule has 0 saturated carbocycles. The predicted molar refractivity (Wildman–Crippen MR) is 84.6 cm³/mol. The number of furan rings is 1. The molecular formula is C18H16N2O4. The number of fused-ring (bicyclic) bond motifs is 1. The van der Waals surface area contributed by atoms with Gasteiger partial charge in [-0.3, -0.25) is 19.3 Å². The molecule has 6 nitrogen and oxygen atoms in total. The van der Waals surface area contributed by atoms with Crippen molar-refractivity contribution in [1.82, 2.24) is 9.80 Å². The minimum absolute atomic E-state index is 0.152. The zero-order valence-corrected chi connectivity index (χ0v) is 13.0. The summed E-state index contributed by atoms with van der Waals surface area (Å²) in [6.45, 7) is 0.995. The first-order valence-corrected chi connectivity index (χ1v) is 7.96. The Morgan fingerprint density at radius 2 is 1.58 bits per heavy atom. The van der Waals surface area contributed by atoms with Gasteiger partial charge in [0.15, 0.2) is 5.76 Å². The molecule has 1 fully saturated rings. The standard InChI is InChI=1S/C18H16N2O4/c21-16-13-4-1-2-5-14(13)17(22)20(16)12-7-9-19(10-8-12)18(23)15-6-3-11-24-15/h1-6,11-12H,7-10H2. The number of piperidine rings is 1. The third-order valence-corrected chi connectivity index (χ3v) is 4.67. The zero-order chi connectivity index (χ0) is 16.7. The Labute approximate surface area is 138 Å². The van der Waals surface area contributed by atoms with E-state index in [1.807, 2.05) is 0 Å². The number of nitrogens with zero attached hydrogens (tertiary/aromatic N) is 2. The second kappa shape index (κ2) is 5.63. The van der Waals surface area contributed by atoms with E-state index in [1.165, 1.54) is 11.2 Å². The lowest BCUT2D eigenvalue weighted by atomic mass is 10.0. The van der Waals surface area contributed by atoms with Crippen molar-refractivity contribution in [2.75, 3.05) is 13.1 Å². The number of rotatable bonds is 2. The summed E-state index contributed by atoms with van der Waals surface area (Å²) in [4.78, 5) is 40.4. The molecule has 6 heteroatoms. The van der Waals surface area contributed by atoms with Gasteiger partial charge in [0.25, 0.3) is 17.7 Å². The van der Waals surface area contributed by atoms with Crippen LogP contribution in [0.15, 0.2) is 47.1 Å². The van der Waals surface area contributed by atoms with Gasteiger partial charge in [-0.1, -0.05) is 12.1 Å². The van der Waals surface area contributed by atoms with Crippen molar-refractivity contribution < 1.29 is 18.8 Å². The Balaban J connectivity index is 1.46. The van der Waals surface area contributed by atoms with Crippen molar-refractivity contribution in [2.24, 2.45) is 0 Å². The highest BCUT2D eigenvalue weighted by Gasteiger charge is 2.41. The summed E-state index contributed by atoms with van der Waals surface area (Å²) >= 11 is 0.